The van der Waals surface area contributed by atoms with Gasteiger partial charge in [0.25, 0.3) is 11.5 Å². The maximum absolute atomic E-state index is 12.3. The first-order chi connectivity index (χ1) is 15.2. The van der Waals surface area contributed by atoms with E-state index in [1.165, 1.54) is 18.3 Å². The molecule has 3 aromatic rings. The number of carbonyl (C=O) groups is 3. The van der Waals surface area contributed by atoms with Crippen LogP contribution in [0.4, 0.5) is 11.6 Å². The summed E-state index contributed by atoms with van der Waals surface area (Å²) in [6.07, 6.45) is 0.840. The summed E-state index contributed by atoms with van der Waals surface area (Å²) in [4.78, 5) is 60.6. The first kappa shape index (κ1) is 26.0. The van der Waals surface area contributed by atoms with Crippen molar-refractivity contribution in [1.82, 2.24) is 25.3 Å². The van der Waals surface area contributed by atoms with Crippen molar-refractivity contribution in [3.05, 3.63) is 52.1 Å². The molecule has 0 saturated heterocycles. The summed E-state index contributed by atoms with van der Waals surface area (Å²) in [5, 5.41) is 23.2. The molecule has 168 valence electrons. The third-order valence-electron chi connectivity index (χ3n) is 4.36. The second-order valence-corrected chi connectivity index (χ2v) is 6.71. The van der Waals surface area contributed by atoms with Gasteiger partial charge in [0.15, 0.2) is 11.2 Å². The van der Waals surface area contributed by atoms with Gasteiger partial charge in [0.05, 0.1) is 18.4 Å². The van der Waals surface area contributed by atoms with Crippen LogP contribution in [0.1, 0.15) is 28.9 Å². The Balaban J connectivity index is 0.00000385. The van der Waals surface area contributed by atoms with Crippen LogP contribution in [0.3, 0.4) is 0 Å². The number of nitrogens with one attached hydrogen (secondary N) is 3. The molecule has 2 radical (unpaired) electrons. The van der Waals surface area contributed by atoms with E-state index < -0.39 is 29.4 Å². The second-order valence-electron chi connectivity index (χ2n) is 6.71. The quantitative estimate of drug-likeness (QED) is 0.216. The zero-order chi connectivity index (χ0) is 23.3. The van der Waals surface area contributed by atoms with Gasteiger partial charge in [0, 0.05) is 55.4 Å². The van der Waals surface area contributed by atoms with Crippen molar-refractivity contribution in [2.45, 2.75) is 25.4 Å². The van der Waals surface area contributed by atoms with Crippen LogP contribution in [0.2, 0.25) is 0 Å². The minimum absolute atomic E-state index is 0. The molecule has 1 aromatic carbocycles. The molecule has 0 aliphatic rings. The monoisotopic (exact) mass is 481 g/mol. The molecule has 2 aromatic heterocycles. The number of anilines is 2. The van der Waals surface area contributed by atoms with Crippen LogP contribution < -0.4 is 21.9 Å². The third kappa shape index (κ3) is 7.10. The number of nitrogens with two attached hydrogens (primary N) is 1. The van der Waals surface area contributed by atoms with Gasteiger partial charge in [-0.15, -0.1) is 0 Å². The summed E-state index contributed by atoms with van der Waals surface area (Å²) in [6.45, 7) is 0.231. The number of hydrogen-bond acceptors (Lipinski definition) is 9. The number of carbonyl (C=O) groups excluding carboxylic acids is 1. The summed E-state index contributed by atoms with van der Waals surface area (Å²) < 4.78 is 0. The van der Waals surface area contributed by atoms with E-state index in [2.05, 4.69) is 30.6 Å². The van der Waals surface area contributed by atoms with E-state index in [1.807, 2.05) is 0 Å². The first-order valence-corrected chi connectivity index (χ1v) is 9.33. The standard InChI is InChI=1S/C19H19N7O6.Ca/c20-19-25-15-14(17(30)26-19)23-11(8-22-15)7-21-10-3-1-9(2-4-10)16(29)24-12(18(31)32)5-6-13(27)28;/h1-4,8,12,21H,5-7H2,(H,24,29)(H,27,28)(H,31,32)(H3,20,22,25,26,30);/t12-;/m0./s1. The SMILES string of the molecule is Nc1nc2ncc(CNc3ccc(C(=O)N[C@@H](CCC(=O)O)C(=O)O)cc3)nc2c(=O)[nH]1.[Ca]. The van der Waals surface area contributed by atoms with E-state index in [9.17, 15) is 19.2 Å². The Morgan fingerprint density at radius 1 is 1.12 bits per heavy atom. The maximum atomic E-state index is 12.3. The Hall–Kier alpha value is -3.29. The Bertz CT molecular complexity index is 1230. The Kier molecular flexibility index (Phi) is 9.08. The molecule has 0 fully saturated rings. The van der Waals surface area contributed by atoms with Gasteiger partial charge in [0.2, 0.25) is 5.95 Å². The van der Waals surface area contributed by atoms with Crippen LogP contribution in [0.15, 0.2) is 35.3 Å². The zero-order valence-electron chi connectivity index (χ0n) is 17.2. The fourth-order valence-corrected chi connectivity index (χ4v) is 2.75. The van der Waals surface area contributed by atoms with E-state index in [0.29, 0.717) is 11.4 Å². The van der Waals surface area contributed by atoms with E-state index >= 15 is 0 Å². The zero-order valence-corrected chi connectivity index (χ0v) is 19.4. The molecule has 2 heterocycles. The number of aromatic amines is 1. The maximum Gasteiger partial charge on any atom is 0.326 e. The van der Waals surface area contributed by atoms with Gasteiger partial charge >= 0.3 is 11.9 Å². The average molecular weight is 481 g/mol. The van der Waals surface area contributed by atoms with Crippen molar-refractivity contribution in [2.24, 2.45) is 0 Å². The van der Waals surface area contributed by atoms with Gasteiger partial charge in [-0.25, -0.2) is 14.8 Å². The van der Waals surface area contributed by atoms with E-state index in [0.717, 1.165) is 0 Å². The van der Waals surface area contributed by atoms with Crippen molar-refractivity contribution in [3.8, 4) is 0 Å². The van der Waals surface area contributed by atoms with E-state index in [1.54, 1.807) is 12.1 Å². The molecular weight excluding hydrogens is 462 g/mol. The number of carboxylic acid groups (broad SMARTS) is 2. The van der Waals surface area contributed by atoms with Crippen LogP contribution in [0, 0.1) is 0 Å². The molecule has 0 saturated carbocycles. The van der Waals surface area contributed by atoms with Crippen LogP contribution in [0.5, 0.6) is 0 Å². The number of carboxylic acids is 2. The van der Waals surface area contributed by atoms with Gasteiger partial charge in [-0.05, 0) is 30.7 Å². The van der Waals surface area contributed by atoms with Crippen molar-refractivity contribution in [3.63, 3.8) is 0 Å². The topological polar surface area (TPSA) is 213 Å². The third-order valence-corrected chi connectivity index (χ3v) is 4.36. The van der Waals surface area contributed by atoms with Gasteiger partial charge in [-0.3, -0.25) is 19.4 Å². The minimum atomic E-state index is -1.31. The van der Waals surface area contributed by atoms with Crippen molar-refractivity contribution in [2.75, 3.05) is 11.1 Å². The smallest absolute Gasteiger partial charge is 0.326 e. The summed E-state index contributed by atoms with van der Waals surface area (Å²) in [7, 11) is 0. The molecule has 1 amide bonds. The fraction of sp³-hybridized carbons (Fsp3) is 0.211. The number of hydrogen-bond donors (Lipinski definition) is 6. The molecule has 0 aliphatic heterocycles. The van der Waals surface area contributed by atoms with Crippen LogP contribution in [0.25, 0.3) is 11.2 Å². The predicted octanol–water partition coefficient (Wildman–Crippen LogP) is -0.426. The summed E-state index contributed by atoms with van der Waals surface area (Å²) in [6, 6.07) is 4.86. The summed E-state index contributed by atoms with van der Waals surface area (Å²) in [5.41, 5.74) is 6.47. The van der Waals surface area contributed by atoms with Crippen molar-refractivity contribution < 1.29 is 24.6 Å². The predicted molar refractivity (Wildman–Crippen MR) is 118 cm³/mol. The minimum Gasteiger partial charge on any atom is -0.481 e. The van der Waals surface area contributed by atoms with Crippen LogP contribution >= 0.6 is 0 Å². The number of aromatic nitrogens is 4. The molecule has 13 nitrogen and oxygen atoms in total. The Morgan fingerprint density at radius 2 is 1.82 bits per heavy atom. The number of H-pyrrole nitrogens is 1. The second kappa shape index (κ2) is 11.5. The van der Waals surface area contributed by atoms with Gasteiger partial charge < -0.3 is 26.6 Å². The van der Waals surface area contributed by atoms with Crippen LogP contribution in [-0.4, -0.2) is 91.8 Å². The molecular formula is C19H19CaN7O6. The normalized spacial score (nSPS) is 11.3. The molecule has 0 aliphatic carbocycles. The summed E-state index contributed by atoms with van der Waals surface area (Å²) >= 11 is 0. The molecule has 33 heavy (non-hydrogen) atoms. The average Bonchev–Trinajstić information content (AvgIpc) is 2.75. The molecule has 3 rings (SSSR count). The number of fused-ring (bicyclic) bond motifs is 1. The van der Waals surface area contributed by atoms with Gasteiger partial charge in [0.1, 0.15) is 6.04 Å². The number of aliphatic carboxylic acids is 2. The number of rotatable bonds is 9. The van der Waals surface area contributed by atoms with Gasteiger partial charge in [-0.1, -0.05) is 0 Å². The first-order valence-electron chi connectivity index (χ1n) is 9.33. The van der Waals surface area contributed by atoms with E-state index in [-0.39, 0.29) is 79.8 Å². The van der Waals surface area contributed by atoms with Crippen molar-refractivity contribution >= 4 is 78.4 Å². The molecule has 1 atom stereocenters. The van der Waals surface area contributed by atoms with Gasteiger partial charge in [-0.2, -0.15) is 4.98 Å². The largest absolute Gasteiger partial charge is 0.481 e. The molecule has 7 N–H and O–H groups in total. The Morgan fingerprint density at radius 3 is 2.45 bits per heavy atom. The van der Waals surface area contributed by atoms with E-state index in [4.69, 9.17) is 15.9 Å². The van der Waals surface area contributed by atoms with Crippen molar-refractivity contribution in [1.29, 1.82) is 0 Å². The molecule has 0 unspecified atom stereocenters. The number of amides is 1. The fourth-order valence-electron chi connectivity index (χ4n) is 2.75. The number of nitrogen functional groups attached to an aromatic ring is 1. The van der Waals surface area contributed by atoms with Crippen LogP contribution in [-0.2, 0) is 16.1 Å². The molecule has 0 spiro atoms. The number of benzene rings is 1. The number of nitrogens with zero attached hydrogens (tertiary/aromatic N) is 3. The molecule has 14 heteroatoms. The molecule has 0 bridgehead atoms. The Labute approximate surface area is 215 Å². The summed E-state index contributed by atoms with van der Waals surface area (Å²) in [5.74, 6) is -3.16.